The number of amides is 3. The molecule has 0 aliphatic carbocycles. The molecule has 1 fully saturated rings. The number of ether oxygens (including phenoxy) is 3. The van der Waals surface area contributed by atoms with Crippen LogP contribution in [0.2, 0.25) is 0 Å². The minimum Gasteiger partial charge on any atom is -0.497 e. The quantitative estimate of drug-likeness (QED) is 0.512. The normalized spacial score (nSPS) is 18.3. The van der Waals surface area contributed by atoms with Crippen LogP contribution in [-0.4, -0.2) is 43.8 Å². The summed E-state index contributed by atoms with van der Waals surface area (Å²) >= 11 is 0. The molecule has 2 heterocycles. The summed E-state index contributed by atoms with van der Waals surface area (Å²) in [7, 11) is 1.59. The first-order chi connectivity index (χ1) is 18.0. The van der Waals surface area contributed by atoms with Crippen LogP contribution in [0.25, 0.3) is 0 Å². The maximum atomic E-state index is 13.3. The van der Waals surface area contributed by atoms with Crippen molar-refractivity contribution in [2.24, 2.45) is 5.92 Å². The van der Waals surface area contributed by atoms with E-state index in [-0.39, 0.29) is 30.6 Å². The van der Waals surface area contributed by atoms with Gasteiger partial charge >= 0.3 is 6.03 Å². The summed E-state index contributed by atoms with van der Waals surface area (Å²) in [6.07, 6.45) is 0.666. The van der Waals surface area contributed by atoms with Gasteiger partial charge in [-0.05, 0) is 48.7 Å². The number of carbonyl (C=O) groups excluding carboxylic acids is 2. The van der Waals surface area contributed by atoms with Crippen LogP contribution in [0.3, 0.4) is 0 Å². The highest BCUT2D eigenvalue weighted by Crippen LogP contribution is 2.33. The fraction of sp³-hybridized carbons (Fsp3) is 0.310. The summed E-state index contributed by atoms with van der Waals surface area (Å²) in [5.41, 5.74) is 3.86. The van der Waals surface area contributed by atoms with Crippen molar-refractivity contribution in [3.05, 3.63) is 83.4 Å². The Bertz CT molecular complexity index is 1290. The molecule has 8 heteroatoms. The largest absolute Gasteiger partial charge is 0.497 e. The zero-order valence-electron chi connectivity index (χ0n) is 21.0. The fourth-order valence-corrected chi connectivity index (χ4v) is 4.91. The Morgan fingerprint density at radius 3 is 2.68 bits per heavy atom. The number of likely N-dealkylation sites (tertiary alicyclic amines) is 1. The van der Waals surface area contributed by atoms with Gasteiger partial charge in [0.05, 0.1) is 13.0 Å². The number of piperidine rings is 1. The summed E-state index contributed by atoms with van der Waals surface area (Å²) in [6, 6.07) is 20.9. The second-order valence-electron chi connectivity index (χ2n) is 9.52. The maximum absolute atomic E-state index is 13.3. The molecule has 192 valence electrons. The van der Waals surface area contributed by atoms with Crippen LogP contribution in [0, 0.1) is 12.8 Å². The number of aryl methyl sites for hydroxylation is 1. The number of fused-ring (bicyclic) bond motifs is 1. The number of urea groups is 1. The molecule has 2 aliphatic heterocycles. The van der Waals surface area contributed by atoms with Gasteiger partial charge in [-0.2, -0.15) is 0 Å². The van der Waals surface area contributed by atoms with Crippen LogP contribution >= 0.6 is 0 Å². The molecule has 5 rings (SSSR count). The lowest BCUT2D eigenvalue weighted by molar-refractivity contribution is -0.126. The van der Waals surface area contributed by atoms with E-state index >= 15 is 0 Å². The minimum absolute atomic E-state index is 0.0472. The van der Waals surface area contributed by atoms with Gasteiger partial charge in [0.15, 0.2) is 11.5 Å². The number of nitrogens with zero attached hydrogens (tertiary/aromatic N) is 1. The van der Waals surface area contributed by atoms with Crippen molar-refractivity contribution in [1.29, 1.82) is 0 Å². The van der Waals surface area contributed by atoms with Crippen LogP contribution in [-0.2, 0) is 11.3 Å². The van der Waals surface area contributed by atoms with Gasteiger partial charge in [-0.1, -0.05) is 42.0 Å². The molecule has 0 saturated carbocycles. The average Bonchev–Trinajstić information content (AvgIpc) is 3.39. The van der Waals surface area contributed by atoms with Gasteiger partial charge in [0.25, 0.3) is 0 Å². The van der Waals surface area contributed by atoms with Gasteiger partial charge in [0.2, 0.25) is 12.7 Å². The number of anilines is 1. The Morgan fingerprint density at radius 1 is 1.00 bits per heavy atom. The van der Waals surface area contributed by atoms with E-state index in [1.165, 1.54) is 0 Å². The SMILES string of the molecule is COc1cccc(NC(=O)N2C[C@H](C(=O)NCc3ccc4c(c3)OCO4)C[C@@H](c3cccc(C)c3)C2)c1. The van der Waals surface area contributed by atoms with Crippen LogP contribution in [0.15, 0.2) is 66.7 Å². The van der Waals surface area contributed by atoms with Crippen molar-refractivity contribution in [1.82, 2.24) is 10.2 Å². The summed E-state index contributed by atoms with van der Waals surface area (Å²) in [5, 5.41) is 6.02. The van der Waals surface area contributed by atoms with Gasteiger partial charge in [-0.25, -0.2) is 4.79 Å². The van der Waals surface area contributed by atoms with Gasteiger partial charge in [0, 0.05) is 37.3 Å². The molecule has 8 nitrogen and oxygen atoms in total. The predicted octanol–water partition coefficient (Wildman–Crippen LogP) is 4.69. The van der Waals surface area contributed by atoms with Gasteiger partial charge in [0.1, 0.15) is 5.75 Å². The van der Waals surface area contributed by atoms with E-state index in [1.807, 2.05) is 42.5 Å². The van der Waals surface area contributed by atoms with Gasteiger partial charge < -0.3 is 29.7 Å². The Morgan fingerprint density at radius 2 is 1.84 bits per heavy atom. The van der Waals surface area contributed by atoms with Crippen LogP contribution < -0.4 is 24.8 Å². The highest BCUT2D eigenvalue weighted by atomic mass is 16.7. The molecule has 0 radical (unpaired) electrons. The van der Waals surface area contributed by atoms with Crippen molar-refractivity contribution in [3.8, 4) is 17.2 Å². The number of methoxy groups -OCH3 is 1. The highest BCUT2D eigenvalue weighted by molar-refractivity contribution is 5.90. The van der Waals surface area contributed by atoms with Gasteiger partial charge in [-0.15, -0.1) is 0 Å². The Labute approximate surface area is 216 Å². The molecule has 1 saturated heterocycles. The zero-order chi connectivity index (χ0) is 25.8. The van der Waals surface area contributed by atoms with E-state index < -0.39 is 0 Å². The third-order valence-corrected chi connectivity index (χ3v) is 6.85. The number of hydrogen-bond acceptors (Lipinski definition) is 5. The number of carbonyl (C=O) groups is 2. The van der Waals surface area contributed by atoms with E-state index in [2.05, 4.69) is 35.8 Å². The first-order valence-electron chi connectivity index (χ1n) is 12.4. The van der Waals surface area contributed by atoms with Crippen molar-refractivity contribution in [2.75, 3.05) is 32.3 Å². The lowest BCUT2D eigenvalue weighted by atomic mass is 9.83. The second kappa shape index (κ2) is 10.8. The fourth-order valence-electron chi connectivity index (χ4n) is 4.91. The van der Waals surface area contributed by atoms with Crippen LogP contribution in [0.5, 0.6) is 17.2 Å². The number of nitrogens with one attached hydrogen (secondary N) is 2. The van der Waals surface area contributed by atoms with Crippen molar-refractivity contribution >= 4 is 17.6 Å². The van der Waals surface area contributed by atoms with Crippen molar-refractivity contribution in [3.63, 3.8) is 0 Å². The summed E-state index contributed by atoms with van der Waals surface area (Å²) in [4.78, 5) is 28.3. The smallest absolute Gasteiger partial charge is 0.321 e. The highest BCUT2D eigenvalue weighted by Gasteiger charge is 2.34. The molecule has 0 spiro atoms. The molecular formula is C29H31N3O5. The molecule has 2 aliphatic rings. The summed E-state index contributed by atoms with van der Waals surface area (Å²) in [5.74, 6) is 1.68. The number of hydrogen-bond donors (Lipinski definition) is 2. The molecule has 0 aromatic heterocycles. The Hall–Kier alpha value is -4.20. The monoisotopic (exact) mass is 501 g/mol. The van der Waals surface area contributed by atoms with E-state index in [4.69, 9.17) is 14.2 Å². The molecule has 3 amide bonds. The zero-order valence-corrected chi connectivity index (χ0v) is 21.0. The van der Waals surface area contributed by atoms with E-state index in [0.717, 1.165) is 16.7 Å². The number of benzene rings is 3. The Balaban J connectivity index is 1.30. The standard InChI is InChI=1S/C29H31N3O5/c1-19-5-3-6-21(11-19)22-13-23(28(33)30-15-20-9-10-26-27(12-20)37-18-36-26)17-32(16-22)29(34)31-24-7-4-8-25(14-24)35-2/h3-12,14,22-23H,13,15-18H2,1-2H3,(H,30,33)(H,31,34)/t22-,23-/m1/s1. The average molecular weight is 502 g/mol. The van der Waals surface area contributed by atoms with Crippen molar-refractivity contribution < 1.29 is 23.8 Å². The first kappa shape index (κ1) is 24.5. The molecule has 0 bridgehead atoms. The van der Waals surface area contributed by atoms with Crippen LogP contribution in [0.1, 0.15) is 29.0 Å². The minimum atomic E-state index is -0.343. The molecular weight excluding hydrogens is 470 g/mol. The third-order valence-electron chi connectivity index (χ3n) is 6.85. The second-order valence-corrected chi connectivity index (χ2v) is 9.52. The summed E-state index contributed by atoms with van der Waals surface area (Å²) < 4.78 is 16.1. The Kier molecular flexibility index (Phi) is 7.16. The van der Waals surface area contributed by atoms with E-state index in [9.17, 15) is 9.59 Å². The topological polar surface area (TPSA) is 89.1 Å². The maximum Gasteiger partial charge on any atom is 0.321 e. The lowest BCUT2D eigenvalue weighted by Crippen LogP contribution is -2.49. The molecule has 3 aromatic rings. The van der Waals surface area contributed by atoms with Crippen LogP contribution in [0.4, 0.5) is 10.5 Å². The van der Waals surface area contributed by atoms with Gasteiger partial charge in [-0.3, -0.25) is 4.79 Å². The molecule has 3 aromatic carbocycles. The molecule has 37 heavy (non-hydrogen) atoms. The molecule has 2 N–H and O–H groups in total. The van der Waals surface area contributed by atoms with E-state index in [1.54, 1.807) is 18.1 Å². The molecule has 2 atom stereocenters. The lowest BCUT2D eigenvalue weighted by Gasteiger charge is -2.37. The third kappa shape index (κ3) is 5.80. The van der Waals surface area contributed by atoms with E-state index in [0.29, 0.717) is 49.0 Å². The van der Waals surface area contributed by atoms with Crippen molar-refractivity contribution in [2.45, 2.75) is 25.8 Å². The first-order valence-corrected chi connectivity index (χ1v) is 12.4. The predicted molar refractivity (Wildman–Crippen MR) is 140 cm³/mol. The molecule has 0 unspecified atom stereocenters. The number of rotatable bonds is 6. The summed E-state index contributed by atoms with van der Waals surface area (Å²) in [6.45, 7) is 3.50.